The fourth-order valence-electron chi connectivity index (χ4n) is 1.72. The summed E-state index contributed by atoms with van der Waals surface area (Å²) >= 11 is 0. The first-order valence-electron chi connectivity index (χ1n) is 5.67. The van der Waals surface area contributed by atoms with E-state index in [1.807, 2.05) is 36.1 Å². The number of nitrogens with zero attached hydrogens (tertiary/aromatic N) is 1. The van der Waals surface area contributed by atoms with E-state index in [0.717, 1.165) is 31.5 Å². The maximum absolute atomic E-state index is 11.6. The summed E-state index contributed by atoms with van der Waals surface area (Å²) in [5, 5.41) is 0. The fourth-order valence-corrected chi connectivity index (χ4v) is 1.72. The molecular formula is C13H20N2O. The van der Waals surface area contributed by atoms with Gasteiger partial charge in [-0.25, -0.2) is 0 Å². The van der Waals surface area contributed by atoms with Crippen molar-refractivity contribution in [1.29, 1.82) is 0 Å². The summed E-state index contributed by atoms with van der Waals surface area (Å²) in [6, 6.07) is -0.285. The highest BCUT2D eigenvalue weighted by molar-refractivity contribution is 5.83. The molecule has 1 heterocycles. The van der Waals surface area contributed by atoms with Gasteiger partial charge in [0, 0.05) is 13.1 Å². The van der Waals surface area contributed by atoms with E-state index in [2.05, 4.69) is 6.58 Å². The largest absolute Gasteiger partial charge is 0.341 e. The van der Waals surface area contributed by atoms with Gasteiger partial charge in [-0.15, -0.1) is 0 Å². The minimum Gasteiger partial charge on any atom is -0.341 e. The molecule has 3 heteroatoms. The Labute approximate surface area is 97.3 Å². The number of nitrogens with two attached hydrogens (primary N) is 1. The summed E-state index contributed by atoms with van der Waals surface area (Å²) in [5.74, 6) is 0.0782. The van der Waals surface area contributed by atoms with Crippen LogP contribution in [0.2, 0.25) is 0 Å². The van der Waals surface area contributed by atoms with Crippen LogP contribution in [0.1, 0.15) is 19.8 Å². The molecule has 0 spiro atoms. The van der Waals surface area contributed by atoms with Crippen LogP contribution in [0.25, 0.3) is 0 Å². The number of allylic oxidation sites excluding steroid dienone is 4. The first-order chi connectivity index (χ1) is 7.69. The number of carbonyl (C=O) groups excluding carboxylic acids is 1. The third-order valence-corrected chi connectivity index (χ3v) is 2.77. The highest BCUT2D eigenvalue weighted by Crippen LogP contribution is 2.12. The van der Waals surface area contributed by atoms with Crippen molar-refractivity contribution in [3.05, 3.63) is 36.5 Å². The lowest BCUT2D eigenvalue weighted by molar-refractivity contribution is -0.128. The second-order valence-corrected chi connectivity index (χ2v) is 3.94. The molecule has 1 fully saturated rings. The molecule has 0 radical (unpaired) electrons. The molecular weight excluding hydrogens is 200 g/mol. The third-order valence-electron chi connectivity index (χ3n) is 2.77. The molecule has 1 atom stereocenters. The topological polar surface area (TPSA) is 46.3 Å². The average molecular weight is 220 g/mol. The molecule has 0 bridgehead atoms. The van der Waals surface area contributed by atoms with Crippen molar-refractivity contribution in [3.63, 3.8) is 0 Å². The van der Waals surface area contributed by atoms with E-state index in [9.17, 15) is 4.79 Å². The smallest absolute Gasteiger partial charge is 0.239 e. The van der Waals surface area contributed by atoms with Gasteiger partial charge >= 0.3 is 0 Å². The second-order valence-electron chi connectivity index (χ2n) is 3.94. The van der Waals surface area contributed by atoms with Crippen molar-refractivity contribution < 1.29 is 4.79 Å². The molecule has 0 aliphatic carbocycles. The van der Waals surface area contributed by atoms with Gasteiger partial charge in [-0.1, -0.05) is 30.9 Å². The SMILES string of the molecule is C=C/C(=C\C=C/C)CCN1CCC(N)C1=O. The zero-order valence-electron chi connectivity index (χ0n) is 9.86. The third kappa shape index (κ3) is 3.35. The van der Waals surface area contributed by atoms with Crippen LogP contribution in [0.15, 0.2) is 36.5 Å². The van der Waals surface area contributed by atoms with Gasteiger partial charge < -0.3 is 10.6 Å². The molecule has 1 unspecified atom stereocenters. The molecule has 2 N–H and O–H groups in total. The zero-order chi connectivity index (χ0) is 12.0. The van der Waals surface area contributed by atoms with E-state index in [4.69, 9.17) is 5.73 Å². The quantitative estimate of drug-likeness (QED) is 0.716. The van der Waals surface area contributed by atoms with Crippen LogP contribution in [-0.4, -0.2) is 29.9 Å². The predicted molar refractivity (Wildman–Crippen MR) is 66.9 cm³/mol. The molecule has 1 aliphatic rings. The van der Waals surface area contributed by atoms with Gasteiger partial charge in [0.05, 0.1) is 6.04 Å². The van der Waals surface area contributed by atoms with Gasteiger partial charge in [0.1, 0.15) is 0 Å². The molecule has 0 aromatic heterocycles. The van der Waals surface area contributed by atoms with E-state index < -0.39 is 0 Å². The Balaban J connectivity index is 2.44. The average Bonchev–Trinajstić information content (AvgIpc) is 2.61. The highest BCUT2D eigenvalue weighted by atomic mass is 16.2. The van der Waals surface area contributed by atoms with Gasteiger partial charge in [0.2, 0.25) is 5.91 Å². The van der Waals surface area contributed by atoms with Crippen molar-refractivity contribution in [2.75, 3.05) is 13.1 Å². The Hall–Kier alpha value is -1.35. The Bertz CT molecular complexity index is 318. The van der Waals surface area contributed by atoms with E-state index in [-0.39, 0.29) is 11.9 Å². The number of rotatable bonds is 5. The van der Waals surface area contributed by atoms with Gasteiger partial charge in [-0.3, -0.25) is 4.79 Å². The number of carbonyl (C=O) groups is 1. The standard InChI is InChI=1S/C13H20N2O/c1-3-5-6-11(4-2)7-9-15-10-8-12(14)13(15)16/h3-6,12H,2,7-10,14H2,1H3/b5-3-,11-6+. The molecule has 16 heavy (non-hydrogen) atoms. The molecule has 0 saturated carbocycles. The first-order valence-corrected chi connectivity index (χ1v) is 5.67. The van der Waals surface area contributed by atoms with Crippen LogP contribution in [0.4, 0.5) is 0 Å². The Morgan fingerprint density at radius 2 is 2.44 bits per heavy atom. The Morgan fingerprint density at radius 3 is 2.94 bits per heavy atom. The molecule has 0 aromatic rings. The Morgan fingerprint density at radius 1 is 1.69 bits per heavy atom. The maximum atomic E-state index is 11.6. The number of hydrogen-bond acceptors (Lipinski definition) is 2. The van der Waals surface area contributed by atoms with E-state index in [1.165, 1.54) is 0 Å². The zero-order valence-corrected chi connectivity index (χ0v) is 9.86. The van der Waals surface area contributed by atoms with Crippen molar-refractivity contribution >= 4 is 5.91 Å². The minimum atomic E-state index is -0.285. The number of amides is 1. The highest BCUT2D eigenvalue weighted by Gasteiger charge is 2.27. The molecule has 0 aromatic carbocycles. The lowest BCUT2D eigenvalue weighted by Crippen LogP contribution is -2.34. The molecule has 1 amide bonds. The van der Waals surface area contributed by atoms with Crippen molar-refractivity contribution in [3.8, 4) is 0 Å². The van der Waals surface area contributed by atoms with Crippen LogP contribution in [-0.2, 0) is 4.79 Å². The van der Waals surface area contributed by atoms with Gasteiger partial charge in [0.25, 0.3) is 0 Å². The lowest BCUT2D eigenvalue weighted by Gasteiger charge is -2.15. The van der Waals surface area contributed by atoms with Crippen LogP contribution in [0.5, 0.6) is 0 Å². The summed E-state index contributed by atoms with van der Waals surface area (Å²) < 4.78 is 0. The lowest BCUT2D eigenvalue weighted by atomic mass is 10.1. The summed E-state index contributed by atoms with van der Waals surface area (Å²) in [5.41, 5.74) is 6.80. The van der Waals surface area contributed by atoms with E-state index in [1.54, 1.807) is 0 Å². The molecule has 3 nitrogen and oxygen atoms in total. The minimum absolute atomic E-state index is 0.0782. The van der Waals surface area contributed by atoms with Gasteiger partial charge in [-0.2, -0.15) is 0 Å². The van der Waals surface area contributed by atoms with Crippen molar-refractivity contribution in [1.82, 2.24) is 4.90 Å². The van der Waals surface area contributed by atoms with Gasteiger partial charge in [0.15, 0.2) is 0 Å². The second kappa shape index (κ2) is 6.28. The van der Waals surface area contributed by atoms with Crippen molar-refractivity contribution in [2.24, 2.45) is 5.73 Å². The van der Waals surface area contributed by atoms with Crippen molar-refractivity contribution in [2.45, 2.75) is 25.8 Å². The number of hydrogen-bond donors (Lipinski definition) is 1. The normalized spacial score (nSPS) is 22.1. The Kier molecular flexibility index (Phi) is 4.99. The molecule has 1 aliphatic heterocycles. The van der Waals surface area contributed by atoms with Crippen LogP contribution in [0.3, 0.4) is 0 Å². The predicted octanol–water partition coefficient (Wildman–Crippen LogP) is 1.62. The fraction of sp³-hybridized carbons (Fsp3) is 0.462. The van der Waals surface area contributed by atoms with Crippen LogP contribution < -0.4 is 5.73 Å². The monoisotopic (exact) mass is 220 g/mol. The maximum Gasteiger partial charge on any atom is 0.239 e. The van der Waals surface area contributed by atoms with E-state index >= 15 is 0 Å². The summed E-state index contributed by atoms with van der Waals surface area (Å²) in [6.07, 6.45) is 9.43. The number of likely N-dealkylation sites (tertiary alicyclic amines) is 1. The molecule has 1 saturated heterocycles. The summed E-state index contributed by atoms with van der Waals surface area (Å²) in [6.45, 7) is 7.26. The summed E-state index contributed by atoms with van der Waals surface area (Å²) in [4.78, 5) is 13.4. The first kappa shape index (κ1) is 12.7. The van der Waals surface area contributed by atoms with Gasteiger partial charge in [-0.05, 0) is 25.3 Å². The summed E-state index contributed by atoms with van der Waals surface area (Å²) in [7, 11) is 0. The molecule has 88 valence electrons. The van der Waals surface area contributed by atoms with Crippen LogP contribution in [0, 0.1) is 0 Å². The molecule has 1 rings (SSSR count). The van der Waals surface area contributed by atoms with E-state index in [0.29, 0.717) is 0 Å². The van der Waals surface area contributed by atoms with Crippen LogP contribution >= 0.6 is 0 Å².